The van der Waals surface area contributed by atoms with Crippen molar-refractivity contribution in [1.82, 2.24) is 4.90 Å². The number of likely N-dealkylation sites (tertiary alicyclic amines) is 1. The van der Waals surface area contributed by atoms with E-state index in [1.54, 1.807) is 24.3 Å². The lowest BCUT2D eigenvalue weighted by Gasteiger charge is -2.30. The molecule has 6 nitrogen and oxygen atoms in total. The first kappa shape index (κ1) is 14.3. The second-order valence-electron chi connectivity index (χ2n) is 5.41. The molecule has 1 aromatic heterocycles. The maximum atomic E-state index is 12.5. The lowest BCUT2D eigenvalue weighted by Crippen LogP contribution is -2.43. The Labute approximate surface area is 126 Å². The lowest BCUT2D eigenvalue weighted by atomic mass is 9.97. The zero-order valence-electron chi connectivity index (χ0n) is 11.8. The summed E-state index contributed by atoms with van der Waals surface area (Å²) >= 11 is 0. The molecule has 0 saturated carbocycles. The van der Waals surface area contributed by atoms with Gasteiger partial charge in [-0.25, -0.2) is 4.79 Å². The Hall–Kier alpha value is -2.63. The van der Waals surface area contributed by atoms with Crippen LogP contribution in [0, 0.1) is 5.92 Å². The first-order chi connectivity index (χ1) is 10.6. The van der Waals surface area contributed by atoms with Gasteiger partial charge >= 0.3 is 11.6 Å². The van der Waals surface area contributed by atoms with Gasteiger partial charge in [0.05, 0.1) is 5.92 Å². The van der Waals surface area contributed by atoms with Gasteiger partial charge in [0.15, 0.2) is 0 Å². The summed E-state index contributed by atoms with van der Waals surface area (Å²) in [6, 6.07) is 8.46. The van der Waals surface area contributed by atoms with Gasteiger partial charge in [-0.15, -0.1) is 0 Å². The highest BCUT2D eigenvalue weighted by molar-refractivity contribution is 5.96. The largest absolute Gasteiger partial charge is 0.481 e. The maximum absolute atomic E-state index is 12.5. The molecule has 6 heteroatoms. The summed E-state index contributed by atoms with van der Waals surface area (Å²) in [5.74, 6) is -1.96. The van der Waals surface area contributed by atoms with Crippen molar-refractivity contribution in [3.05, 3.63) is 46.3 Å². The number of para-hydroxylation sites is 1. The smallest absolute Gasteiger partial charge is 0.349 e. The highest BCUT2D eigenvalue weighted by atomic mass is 16.4. The second kappa shape index (κ2) is 5.63. The van der Waals surface area contributed by atoms with Crippen LogP contribution >= 0.6 is 0 Å². The van der Waals surface area contributed by atoms with E-state index in [0.717, 1.165) is 0 Å². The Kier molecular flexibility index (Phi) is 3.66. The van der Waals surface area contributed by atoms with Crippen LogP contribution < -0.4 is 5.63 Å². The number of carbonyl (C=O) groups is 2. The molecule has 1 aliphatic heterocycles. The molecule has 1 fully saturated rings. The summed E-state index contributed by atoms with van der Waals surface area (Å²) in [7, 11) is 0. The van der Waals surface area contributed by atoms with Crippen molar-refractivity contribution in [2.24, 2.45) is 5.92 Å². The maximum Gasteiger partial charge on any atom is 0.349 e. The predicted octanol–water partition coefficient (Wildman–Crippen LogP) is 1.73. The molecular formula is C16H15NO5. The van der Waals surface area contributed by atoms with Crippen molar-refractivity contribution in [3.63, 3.8) is 0 Å². The van der Waals surface area contributed by atoms with Crippen molar-refractivity contribution in [3.8, 4) is 0 Å². The second-order valence-corrected chi connectivity index (χ2v) is 5.41. The van der Waals surface area contributed by atoms with E-state index in [1.807, 2.05) is 0 Å². The summed E-state index contributed by atoms with van der Waals surface area (Å²) in [6.07, 6.45) is 1.16. The normalized spacial score (nSPS) is 18.4. The molecule has 1 atom stereocenters. The van der Waals surface area contributed by atoms with Gasteiger partial charge < -0.3 is 14.4 Å². The number of hydrogen-bond donors (Lipinski definition) is 1. The minimum atomic E-state index is -0.914. The number of aliphatic carboxylic acids is 1. The molecule has 1 N–H and O–H groups in total. The predicted molar refractivity (Wildman–Crippen MR) is 78.7 cm³/mol. The van der Waals surface area contributed by atoms with Gasteiger partial charge in [-0.1, -0.05) is 18.2 Å². The Morgan fingerprint density at radius 1 is 1.27 bits per heavy atom. The minimum absolute atomic E-state index is 0.0512. The van der Waals surface area contributed by atoms with E-state index in [-0.39, 0.29) is 12.1 Å². The Balaban J connectivity index is 1.93. The molecule has 1 amide bonds. The van der Waals surface area contributed by atoms with Crippen LogP contribution in [-0.2, 0) is 4.79 Å². The number of fused-ring (bicyclic) bond motifs is 1. The molecule has 0 spiro atoms. The highest BCUT2D eigenvalue weighted by Gasteiger charge is 2.30. The Morgan fingerprint density at radius 3 is 2.82 bits per heavy atom. The van der Waals surface area contributed by atoms with E-state index >= 15 is 0 Å². The third-order valence-electron chi connectivity index (χ3n) is 3.93. The van der Waals surface area contributed by atoms with Crippen LogP contribution in [0.25, 0.3) is 11.0 Å². The number of piperidine rings is 1. The van der Waals surface area contributed by atoms with Gasteiger partial charge in [-0.05, 0) is 25.0 Å². The highest BCUT2D eigenvalue weighted by Crippen LogP contribution is 2.19. The minimum Gasteiger partial charge on any atom is -0.481 e. The van der Waals surface area contributed by atoms with E-state index in [4.69, 9.17) is 9.52 Å². The van der Waals surface area contributed by atoms with Crippen LogP contribution in [0.1, 0.15) is 23.2 Å². The summed E-state index contributed by atoms with van der Waals surface area (Å²) < 4.78 is 5.16. The van der Waals surface area contributed by atoms with E-state index < -0.39 is 23.4 Å². The van der Waals surface area contributed by atoms with Crippen molar-refractivity contribution in [2.75, 3.05) is 13.1 Å². The van der Waals surface area contributed by atoms with Gasteiger partial charge in [-0.2, -0.15) is 0 Å². The van der Waals surface area contributed by atoms with Crippen molar-refractivity contribution < 1.29 is 19.1 Å². The average molecular weight is 301 g/mol. The van der Waals surface area contributed by atoms with Gasteiger partial charge in [-0.3, -0.25) is 9.59 Å². The topological polar surface area (TPSA) is 87.8 Å². The third-order valence-corrected chi connectivity index (χ3v) is 3.93. The summed E-state index contributed by atoms with van der Waals surface area (Å²) in [6.45, 7) is 0.579. The molecule has 2 heterocycles. The van der Waals surface area contributed by atoms with Crippen LogP contribution in [-0.4, -0.2) is 35.0 Å². The van der Waals surface area contributed by atoms with Crippen LogP contribution in [0.15, 0.2) is 39.5 Å². The average Bonchev–Trinajstić information content (AvgIpc) is 2.53. The van der Waals surface area contributed by atoms with E-state index in [0.29, 0.717) is 30.4 Å². The lowest BCUT2D eigenvalue weighted by molar-refractivity contribution is -0.143. The number of nitrogens with zero attached hydrogens (tertiary/aromatic N) is 1. The van der Waals surface area contributed by atoms with E-state index in [1.165, 1.54) is 11.0 Å². The van der Waals surface area contributed by atoms with Gasteiger partial charge in [0, 0.05) is 18.5 Å². The summed E-state index contributed by atoms with van der Waals surface area (Å²) in [5.41, 5.74) is -0.322. The molecule has 2 aromatic rings. The van der Waals surface area contributed by atoms with E-state index in [9.17, 15) is 14.4 Å². The number of benzene rings is 1. The number of carboxylic acid groups (broad SMARTS) is 1. The molecule has 0 aliphatic carbocycles. The van der Waals surface area contributed by atoms with Crippen molar-refractivity contribution in [2.45, 2.75) is 12.8 Å². The molecule has 0 radical (unpaired) electrons. The fourth-order valence-corrected chi connectivity index (χ4v) is 2.74. The summed E-state index contributed by atoms with van der Waals surface area (Å²) in [5, 5.41) is 9.75. The fourth-order valence-electron chi connectivity index (χ4n) is 2.74. The van der Waals surface area contributed by atoms with Crippen LogP contribution in [0.5, 0.6) is 0 Å². The zero-order valence-corrected chi connectivity index (χ0v) is 11.8. The summed E-state index contributed by atoms with van der Waals surface area (Å²) in [4.78, 5) is 37.0. The zero-order chi connectivity index (χ0) is 15.7. The number of rotatable bonds is 2. The first-order valence-electron chi connectivity index (χ1n) is 7.11. The standard InChI is InChI=1S/C16H15NO5/c18-14(17-7-3-5-11(9-17)15(19)20)12-8-10-4-1-2-6-13(10)22-16(12)21/h1-2,4,6,8,11H,3,5,7,9H2,(H,19,20). The molecule has 0 bridgehead atoms. The number of amides is 1. The third kappa shape index (κ3) is 2.59. The number of carboxylic acids is 1. The van der Waals surface area contributed by atoms with E-state index in [2.05, 4.69) is 0 Å². The van der Waals surface area contributed by atoms with Gasteiger partial charge in [0.2, 0.25) is 0 Å². The van der Waals surface area contributed by atoms with Gasteiger partial charge in [0.1, 0.15) is 11.1 Å². The van der Waals surface area contributed by atoms with Crippen LogP contribution in [0.4, 0.5) is 0 Å². The molecule has 3 rings (SSSR count). The first-order valence-corrected chi connectivity index (χ1v) is 7.11. The molecule has 1 saturated heterocycles. The molecule has 1 aromatic carbocycles. The van der Waals surface area contributed by atoms with Crippen molar-refractivity contribution >= 4 is 22.8 Å². The number of hydrogen-bond acceptors (Lipinski definition) is 4. The monoisotopic (exact) mass is 301 g/mol. The van der Waals surface area contributed by atoms with Gasteiger partial charge in [0.25, 0.3) is 5.91 Å². The molecule has 1 unspecified atom stereocenters. The Morgan fingerprint density at radius 2 is 2.05 bits per heavy atom. The molecule has 114 valence electrons. The SMILES string of the molecule is O=C(O)C1CCCN(C(=O)c2cc3ccccc3oc2=O)C1. The van der Waals surface area contributed by atoms with Crippen LogP contribution in [0.3, 0.4) is 0 Å². The quantitative estimate of drug-likeness (QED) is 0.853. The van der Waals surface area contributed by atoms with Crippen LogP contribution in [0.2, 0.25) is 0 Å². The fraction of sp³-hybridized carbons (Fsp3) is 0.312. The number of carbonyl (C=O) groups excluding carboxylic acids is 1. The molecular weight excluding hydrogens is 286 g/mol. The Bertz CT molecular complexity index is 794. The van der Waals surface area contributed by atoms with Crippen molar-refractivity contribution in [1.29, 1.82) is 0 Å². The molecule has 1 aliphatic rings. The molecule has 22 heavy (non-hydrogen) atoms.